The van der Waals surface area contributed by atoms with Gasteiger partial charge in [-0.2, -0.15) is 0 Å². The van der Waals surface area contributed by atoms with E-state index >= 15 is 0 Å². The molecular weight excluding hydrogens is 368 g/mol. The van der Waals surface area contributed by atoms with Crippen molar-refractivity contribution in [3.05, 3.63) is 22.3 Å². The van der Waals surface area contributed by atoms with Crippen LogP contribution in [-0.4, -0.2) is 10.7 Å². The first kappa shape index (κ1) is 25.1. The molecule has 172 valence electrons. The van der Waals surface area contributed by atoms with Crippen LogP contribution in [0.25, 0.3) is 0 Å². The summed E-state index contributed by atoms with van der Waals surface area (Å²) in [5.41, 5.74) is 4.21. The third kappa shape index (κ3) is 7.20. The van der Waals surface area contributed by atoms with Crippen molar-refractivity contribution in [2.24, 2.45) is 0 Å². The second-order valence-electron chi connectivity index (χ2n) is 10.1. The fraction of sp³-hybridized carbons (Fsp3) is 0.786. The van der Waals surface area contributed by atoms with E-state index in [4.69, 9.17) is 4.74 Å². The highest BCUT2D eigenvalue weighted by atomic mass is 16.5. The highest BCUT2D eigenvalue weighted by molar-refractivity contribution is 5.59. The van der Waals surface area contributed by atoms with E-state index in [9.17, 15) is 5.11 Å². The molecule has 30 heavy (non-hydrogen) atoms. The van der Waals surface area contributed by atoms with Gasteiger partial charge in [0.05, 0.1) is 0 Å². The minimum atomic E-state index is -0.102. The van der Waals surface area contributed by atoms with E-state index in [2.05, 4.69) is 20.8 Å². The molecular formula is C28H48O2. The number of fused-ring (bicyclic) bond motifs is 1. The highest BCUT2D eigenvalue weighted by Gasteiger charge is 2.37. The SMILES string of the molecule is CCCCCCCCCCCCCCCCC1(C)Cc2c(C)c(O)c(C)c(C)c2O1. The van der Waals surface area contributed by atoms with Crippen LogP contribution in [0.4, 0.5) is 0 Å². The zero-order valence-corrected chi connectivity index (χ0v) is 20.7. The average molecular weight is 417 g/mol. The summed E-state index contributed by atoms with van der Waals surface area (Å²) >= 11 is 0. The van der Waals surface area contributed by atoms with Gasteiger partial charge in [-0.25, -0.2) is 0 Å². The third-order valence-electron chi connectivity index (χ3n) is 7.30. The Morgan fingerprint density at radius 2 is 1.17 bits per heavy atom. The van der Waals surface area contributed by atoms with Crippen LogP contribution in [0.3, 0.4) is 0 Å². The van der Waals surface area contributed by atoms with E-state index in [1.54, 1.807) is 0 Å². The summed E-state index contributed by atoms with van der Waals surface area (Å²) in [6.45, 7) is 10.6. The summed E-state index contributed by atoms with van der Waals surface area (Å²) in [6, 6.07) is 0. The number of rotatable bonds is 15. The molecule has 1 N–H and O–H groups in total. The fourth-order valence-corrected chi connectivity index (χ4v) is 5.01. The molecule has 1 heterocycles. The molecule has 2 rings (SSSR count). The van der Waals surface area contributed by atoms with Crippen molar-refractivity contribution in [1.29, 1.82) is 0 Å². The standard InChI is InChI=1S/C28H48O2/c1-6-7-8-9-10-11-12-13-14-15-16-17-18-19-20-28(5)21-25-24(4)26(29)22(2)23(3)27(25)30-28/h29H,6-21H2,1-5H3. The summed E-state index contributed by atoms with van der Waals surface area (Å²) in [5.74, 6) is 1.49. The lowest BCUT2D eigenvalue weighted by Crippen LogP contribution is -2.30. The number of aromatic hydroxyl groups is 1. The van der Waals surface area contributed by atoms with E-state index in [1.807, 2.05) is 13.8 Å². The Morgan fingerprint density at radius 1 is 0.700 bits per heavy atom. The Morgan fingerprint density at radius 3 is 1.67 bits per heavy atom. The Bertz CT molecular complexity index is 610. The molecule has 0 aromatic heterocycles. The third-order valence-corrected chi connectivity index (χ3v) is 7.30. The maximum atomic E-state index is 10.4. The molecule has 0 saturated heterocycles. The minimum Gasteiger partial charge on any atom is -0.507 e. The zero-order valence-electron chi connectivity index (χ0n) is 20.7. The molecule has 1 atom stereocenters. The number of phenolic OH excluding ortho intramolecular Hbond substituents is 1. The molecule has 1 aromatic carbocycles. The summed E-state index contributed by atoms with van der Waals surface area (Å²) in [4.78, 5) is 0. The Labute approximate surface area is 186 Å². The first-order valence-electron chi connectivity index (χ1n) is 12.9. The van der Waals surface area contributed by atoms with Crippen molar-refractivity contribution in [3.63, 3.8) is 0 Å². The van der Waals surface area contributed by atoms with Crippen LogP contribution in [0.15, 0.2) is 0 Å². The molecule has 1 aliphatic heterocycles. The van der Waals surface area contributed by atoms with E-state index in [0.717, 1.165) is 35.3 Å². The van der Waals surface area contributed by atoms with Gasteiger partial charge in [0, 0.05) is 12.0 Å². The van der Waals surface area contributed by atoms with Crippen molar-refractivity contribution < 1.29 is 9.84 Å². The Kier molecular flexibility index (Phi) is 10.6. The maximum Gasteiger partial charge on any atom is 0.127 e. The molecule has 0 fully saturated rings. The Hall–Kier alpha value is -1.18. The van der Waals surface area contributed by atoms with Gasteiger partial charge in [-0.05, 0) is 57.2 Å². The topological polar surface area (TPSA) is 29.5 Å². The number of hydrogen-bond donors (Lipinski definition) is 1. The van der Waals surface area contributed by atoms with E-state index in [-0.39, 0.29) is 5.60 Å². The van der Waals surface area contributed by atoms with Crippen LogP contribution in [0.5, 0.6) is 11.5 Å². The molecule has 0 bridgehead atoms. The molecule has 1 unspecified atom stereocenters. The van der Waals surface area contributed by atoms with Crippen molar-refractivity contribution in [1.82, 2.24) is 0 Å². The predicted molar refractivity (Wildman–Crippen MR) is 130 cm³/mol. The van der Waals surface area contributed by atoms with Crippen LogP contribution >= 0.6 is 0 Å². The van der Waals surface area contributed by atoms with Crippen LogP contribution < -0.4 is 4.74 Å². The van der Waals surface area contributed by atoms with Crippen LogP contribution in [0.1, 0.15) is 132 Å². The van der Waals surface area contributed by atoms with Gasteiger partial charge in [-0.1, -0.05) is 90.4 Å². The van der Waals surface area contributed by atoms with Gasteiger partial charge < -0.3 is 9.84 Å². The monoisotopic (exact) mass is 416 g/mol. The summed E-state index contributed by atoms with van der Waals surface area (Å²) < 4.78 is 6.44. The molecule has 2 nitrogen and oxygen atoms in total. The fourth-order valence-electron chi connectivity index (χ4n) is 5.01. The van der Waals surface area contributed by atoms with Crippen molar-refractivity contribution in [2.45, 2.75) is 143 Å². The molecule has 0 radical (unpaired) electrons. The van der Waals surface area contributed by atoms with Gasteiger partial charge >= 0.3 is 0 Å². The average Bonchev–Trinajstić information content (AvgIpc) is 3.09. The minimum absolute atomic E-state index is 0.102. The molecule has 0 aliphatic carbocycles. The van der Waals surface area contributed by atoms with Gasteiger partial charge in [-0.3, -0.25) is 0 Å². The quantitative estimate of drug-likeness (QED) is 0.289. The highest BCUT2D eigenvalue weighted by Crippen LogP contribution is 2.46. The summed E-state index contributed by atoms with van der Waals surface area (Å²) in [6.07, 6.45) is 21.6. The van der Waals surface area contributed by atoms with Crippen LogP contribution in [0.2, 0.25) is 0 Å². The first-order valence-corrected chi connectivity index (χ1v) is 12.9. The van der Waals surface area contributed by atoms with E-state index < -0.39 is 0 Å². The number of hydrogen-bond acceptors (Lipinski definition) is 2. The number of ether oxygens (including phenoxy) is 1. The van der Waals surface area contributed by atoms with Crippen molar-refractivity contribution in [2.75, 3.05) is 0 Å². The van der Waals surface area contributed by atoms with E-state index in [1.165, 1.54) is 95.5 Å². The van der Waals surface area contributed by atoms with Gasteiger partial charge in [0.1, 0.15) is 17.1 Å². The Balaban J connectivity index is 1.54. The zero-order chi connectivity index (χ0) is 22.0. The second-order valence-corrected chi connectivity index (χ2v) is 10.1. The number of unbranched alkanes of at least 4 members (excludes halogenated alkanes) is 13. The lowest BCUT2D eigenvalue weighted by molar-refractivity contribution is 0.101. The molecule has 1 aromatic rings. The van der Waals surface area contributed by atoms with Crippen molar-refractivity contribution >= 4 is 0 Å². The van der Waals surface area contributed by atoms with Gasteiger partial charge in [0.25, 0.3) is 0 Å². The van der Waals surface area contributed by atoms with Gasteiger partial charge in [0.2, 0.25) is 0 Å². The molecule has 0 saturated carbocycles. The molecule has 0 spiro atoms. The van der Waals surface area contributed by atoms with Crippen molar-refractivity contribution in [3.8, 4) is 11.5 Å². The lowest BCUT2D eigenvalue weighted by Gasteiger charge is -2.24. The van der Waals surface area contributed by atoms with E-state index in [0.29, 0.717) is 5.75 Å². The summed E-state index contributed by atoms with van der Waals surface area (Å²) in [5, 5.41) is 10.4. The predicted octanol–water partition coefficient (Wildman–Crippen LogP) is 8.88. The largest absolute Gasteiger partial charge is 0.507 e. The van der Waals surface area contributed by atoms with Crippen LogP contribution in [0, 0.1) is 20.8 Å². The van der Waals surface area contributed by atoms with Gasteiger partial charge in [-0.15, -0.1) is 0 Å². The van der Waals surface area contributed by atoms with Crippen LogP contribution in [-0.2, 0) is 6.42 Å². The number of phenols is 1. The first-order chi connectivity index (χ1) is 14.4. The molecule has 0 amide bonds. The normalized spacial score (nSPS) is 17.9. The molecule has 2 heteroatoms. The summed E-state index contributed by atoms with van der Waals surface area (Å²) in [7, 11) is 0. The second kappa shape index (κ2) is 12.6. The smallest absolute Gasteiger partial charge is 0.127 e. The number of benzene rings is 1. The van der Waals surface area contributed by atoms with Gasteiger partial charge in [0.15, 0.2) is 0 Å². The maximum absolute atomic E-state index is 10.4. The lowest BCUT2D eigenvalue weighted by atomic mass is 9.89. The molecule has 1 aliphatic rings.